The minimum absolute atomic E-state index is 0.0929. The molecule has 1 aliphatic rings. The summed E-state index contributed by atoms with van der Waals surface area (Å²) in [6.45, 7) is 0.146. The van der Waals surface area contributed by atoms with E-state index in [1.165, 1.54) is 34.6 Å². The fraction of sp³-hybridized carbons (Fsp3) is 0.263. The second kappa shape index (κ2) is 7.87. The van der Waals surface area contributed by atoms with Crippen LogP contribution < -0.4 is 9.62 Å². The van der Waals surface area contributed by atoms with Crippen LogP contribution in [0, 0.1) is 5.82 Å². The molecule has 1 heterocycles. The molecule has 2 aromatic carbocycles. The van der Waals surface area contributed by atoms with Gasteiger partial charge in [-0.3, -0.25) is 13.9 Å². The van der Waals surface area contributed by atoms with E-state index in [1.54, 1.807) is 18.2 Å². The van der Waals surface area contributed by atoms with Crippen LogP contribution in [0.2, 0.25) is 0 Å². The number of hydrogen-bond acceptors (Lipinski definition) is 4. The molecule has 0 saturated carbocycles. The third-order valence-corrected chi connectivity index (χ3v) is 6.19. The summed E-state index contributed by atoms with van der Waals surface area (Å²) < 4.78 is 38.6. The van der Waals surface area contributed by atoms with Crippen molar-refractivity contribution in [1.29, 1.82) is 0 Å². The Balaban J connectivity index is 1.68. The molecule has 0 radical (unpaired) electrons. The summed E-state index contributed by atoms with van der Waals surface area (Å²) in [4.78, 5) is 24.4. The molecule has 0 aromatic heterocycles. The van der Waals surface area contributed by atoms with E-state index in [2.05, 4.69) is 5.32 Å². The summed E-state index contributed by atoms with van der Waals surface area (Å²) in [6.07, 6.45) is 1.40. The number of carbonyl (C=O) groups excluding carboxylic acids is 2. The zero-order chi connectivity index (χ0) is 19.4. The lowest BCUT2D eigenvalue weighted by molar-refractivity contribution is 0.0904. The van der Waals surface area contributed by atoms with Gasteiger partial charge in [0.05, 0.1) is 18.0 Å². The van der Waals surface area contributed by atoms with Crippen molar-refractivity contribution in [1.82, 2.24) is 5.32 Å². The van der Waals surface area contributed by atoms with E-state index in [4.69, 9.17) is 0 Å². The van der Waals surface area contributed by atoms with Gasteiger partial charge in [-0.15, -0.1) is 0 Å². The van der Waals surface area contributed by atoms with Crippen LogP contribution in [-0.4, -0.2) is 39.0 Å². The van der Waals surface area contributed by atoms with Crippen molar-refractivity contribution in [2.75, 3.05) is 23.1 Å². The SMILES string of the molecule is O=C(CNC(=O)c1cccc(N2CCCCS2(=O)=O)c1)c1ccc(F)cc1. The molecule has 1 amide bonds. The van der Waals surface area contributed by atoms with Crippen LogP contribution in [0.1, 0.15) is 33.6 Å². The first-order valence-electron chi connectivity index (χ1n) is 8.54. The number of anilines is 1. The van der Waals surface area contributed by atoms with Gasteiger partial charge < -0.3 is 5.32 Å². The fourth-order valence-corrected chi connectivity index (χ4v) is 4.51. The first-order chi connectivity index (χ1) is 12.9. The van der Waals surface area contributed by atoms with Gasteiger partial charge in [-0.2, -0.15) is 0 Å². The molecule has 1 saturated heterocycles. The number of rotatable bonds is 5. The van der Waals surface area contributed by atoms with Crippen molar-refractivity contribution in [3.63, 3.8) is 0 Å². The molecule has 0 atom stereocenters. The molecule has 0 bridgehead atoms. The quantitative estimate of drug-likeness (QED) is 0.795. The van der Waals surface area contributed by atoms with E-state index in [1.807, 2.05) is 0 Å². The van der Waals surface area contributed by atoms with Crippen LogP contribution in [0.25, 0.3) is 0 Å². The lowest BCUT2D eigenvalue weighted by atomic mass is 10.1. The number of halogens is 1. The van der Waals surface area contributed by atoms with E-state index in [-0.39, 0.29) is 23.6 Å². The second-order valence-corrected chi connectivity index (χ2v) is 8.27. The van der Waals surface area contributed by atoms with Crippen LogP contribution >= 0.6 is 0 Å². The maximum Gasteiger partial charge on any atom is 0.251 e. The lowest BCUT2D eigenvalue weighted by Gasteiger charge is -2.28. The first-order valence-corrected chi connectivity index (χ1v) is 10.2. The van der Waals surface area contributed by atoms with Gasteiger partial charge in [0, 0.05) is 17.7 Å². The van der Waals surface area contributed by atoms with Crippen LogP contribution in [0.5, 0.6) is 0 Å². The van der Waals surface area contributed by atoms with Gasteiger partial charge in [-0.25, -0.2) is 12.8 Å². The molecule has 2 aromatic rings. The van der Waals surface area contributed by atoms with Gasteiger partial charge in [-0.1, -0.05) is 6.07 Å². The Hall–Kier alpha value is -2.74. The molecule has 142 valence electrons. The van der Waals surface area contributed by atoms with Gasteiger partial charge in [0.25, 0.3) is 5.91 Å². The van der Waals surface area contributed by atoms with Crippen LogP contribution in [0.4, 0.5) is 10.1 Å². The maximum atomic E-state index is 12.9. The molecule has 6 nitrogen and oxygen atoms in total. The van der Waals surface area contributed by atoms with Crippen molar-refractivity contribution in [2.24, 2.45) is 0 Å². The van der Waals surface area contributed by atoms with Gasteiger partial charge in [0.2, 0.25) is 10.0 Å². The number of hydrogen-bond donors (Lipinski definition) is 1. The largest absolute Gasteiger partial charge is 0.345 e. The third kappa shape index (κ3) is 4.51. The number of nitrogens with zero attached hydrogens (tertiary/aromatic N) is 1. The second-order valence-electron chi connectivity index (χ2n) is 6.26. The molecule has 1 aliphatic heterocycles. The lowest BCUT2D eigenvalue weighted by Crippen LogP contribution is -2.38. The highest BCUT2D eigenvalue weighted by Crippen LogP contribution is 2.24. The number of nitrogens with one attached hydrogen (secondary N) is 1. The van der Waals surface area contributed by atoms with Crippen molar-refractivity contribution in [3.8, 4) is 0 Å². The highest BCUT2D eigenvalue weighted by Gasteiger charge is 2.26. The molecule has 1 fully saturated rings. The Labute approximate surface area is 157 Å². The van der Waals surface area contributed by atoms with Crippen molar-refractivity contribution < 1.29 is 22.4 Å². The van der Waals surface area contributed by atoms with Gasteiger partial charge >= 0.3 is 0 Å². The molecule has 1 N–H and O–H groups in total. The molecule has 8 heteroatoms. The van der Waals surface area contributed by atoms with Gasteiger partial charge in [0.15, 0.2) is 5.78 Å². The number of benzene rings is 2. The minimum Gasteiger partial charge on any atom is -0.345 e. The van der Waals surface area contributed by atoms with E-state index >= 15 is 0 Å². The predicted molar refractivity (Wildman–Crippen MR) is 99.9 cm³/mol. The van der Waals surface area contributed by atoms with E-state index in [9.17, 15) is 22.4 Å². The molecule has 27 heavy (non-hydrogen) atoms. The average molecular weight is 390 g/mol. The van der Waals surface area contributed by atoms with Gasteiger partial charge in [0.1, 0.15) is 5.82 Å². The Kier molecular flexibility index (Phi) is 5.55. The Bertz CT molecular complexity index is 958. The summed E-state index contributed by atoms with van der Waals surface area (Å²) in [5.74, 6) is -1.19. The number of amides is 1. The summed E-state index contributed by atoms with van der Waals surface area (Å²) >= 11 is 0. The summed E-state index contributed by atoms with van der Waals surface area (Å²) in [7, 11) is -3.37. The molecule has 3 rings (SSSR count). The molecular weight excluding hydrogens is 371 g/mol. The Morgan fingerprint density at radius 3 is 2.48 bits per heavy atom. The maximum absolute atomic E-state index is 12.9. The number of Topliss-reactive ketones (excluding diaryl/α,β-unsaturated/α-hetero) is 1. The average Bonchev–Trinajstić information content (AvgIpc) is 2.66. The summed E-state index contributed by atoms with van der Waals surface area (Å²) in [5.41, 5.74) is 0.997. The molecule has 0 spiro atoms. The normalized spacial score (nSPS) is 16.0. The minimum atomic E-state index is -3.37. The zero-order valence-electron chi connectivity index (χ0n) is 14.5. The fourth-order valence-electron chi connectivity index (χ4n) is 2.88. The molecule has 0 unspecified atom stereocenters. The Morgan fingerprint density at radius 1 is 1.04 bits per heavy atom. The summed E-state index contributed by atoms with van der Waals surface area (Å²) in [5, 5.41) is 2.51. The molecule has 0 aliphatic carbocycles. The number of ketones is 1. The standard InChI is InChI=1S/C19H19FN2O4S/c20-16-8-6-14(7-9-16)18(23)13-21-19(24)15-4-3-5-17(12-15)22-10-1-2-11-27(22,25)26/h3-9,12H,1-2,10-11,13H2,(H,21,24). The van der Waals surface area contributed by atoms with Crippen molar-refractivity contribution >= 4 is 27.4 Å². The zero-order valence-corrected chi connectivity index (χ0v) is 15.3. The highest BCUT2D eigenvalue weighted by molar-refractivity contribution is 7.92. The number of carbonyl (C=O) groups is 2. The smallest absolute Gasteiger partial charge is 0.251 e. The van der Waals surface area contributed by atoms with Crippen LogP contribution in [0.3, 0.4) is 0 Å². The Morgan fingerprint density at radius 2 is 1.78 bits per heavy atom. The molecular formula is C19H19FN2O4S. The highest BCUT2D eigenvalue weighted by atomic mass is 32.2. The van der Waals surface area contributed by atoms with Gasteiger partial charge in [-0.05, 0) is 55.3 Å². The van der Waals surface area contributed by atoms with Crippen LogP contribution in [-0.2, 0) is 10.0 Å². The monoisotopic (exact) mass is 390 g/mol. The first kappa shape index (κ1) is 19.0. The number of sulfonamides is 1. The van der Waals surface area contributed by atoms with E-state index in [0.29, 0.717) is 24.2 Å². The van der Waals surface area contributed by atoms with E-state index in [0.717, 1.165) is 6.42 Å². The van der Waals surface area contributed by atoms with Crippen LogP contribution in [0.15, 0.2) is 48.5 Å². The van der Waals surface area contributed by atoms with Crippen molar-refractivity contribution in [2.45, 2.75) is 12.8 Å². The summed E-state index contributed by atoms with van der Waals surface area (Å²) in [6, 6.07) is 11.4. The topological polar surface area (TPSA) is 83.6 Å². The van der Waals surface area contributed by atoms with E-state index < -0.39 is 21.7 Å². The van der Waals surface area contributed by atoms with Crippen molar-refractivity contribution in [3.05, 3.63) is 65.5 Å². The third-order valence-electron chi connectivity index (χ3n) is 4.32. The predicted octanol–water partition coefficient (Wildman–Crippen LogP) is 2.37.